The lowest BCUT2D eigenvalue weighted by molar-refractivity contribution is 0.269. The van der Waals surface area contributed by atoms with Crippen molar-refractivity contribution in [1.29, 1.82) is 0 Å². The lowest BCUT2D eigenvalue weighted by atomic mass is 10.4. The summed E-state index contributed by atoms with van der Waals surface area (Å²) in [6, 6.07) is 0.233. The van der Waals surface area contributed by atoms with Crippen LogP contribution in [0.25, 0.3) is 0 Å². The third-order valence-electron chi connectivity index (χ3n) is 3.41. The maximum Gasteiger partial charge on any atom is 0.281 e. The number of hydrogen-bond donors (Lipinski definition) is 1. The van der Waals surface area contributed by atoms with Crippen molar-refractivity contribution in [3.63, 3.8) is 0 Å². The second-order valence-corrected chi connectivity index (χ2v) is 7.14. The predicted octanol–water partition coefficient (Wildman–Crippen LogP) is 0.420. The molecule has 0 amide bonds. The molecule has 17 heavy (non-hydrogen) atoms. The summed E-state index contributed by atoms with van der Waals surface area (Å²) in [5.74, 6) is 0.580. The first-order chi connectivity index (χ1) is 8.05. The smallest absolute Gasteiger partial charge is 0.281 e. The van der Waals surface area contributed by atoms with Gasteiger partial charge in [0.2, 0.25) is 0 Å². The molecule has 0 unspecified atom stereocenters. The molecular weight excluding hydrogens is 240 g/mol. The minimum Gasteiger partial charge on any atom is -0.396 e. The van der Waals surface area contributed by atoms with Crippen molar-refractivity contribution < 1.29 is 13.5 Å². The summed E-state index contributed by atoms with van der Waals surface area (Å²) in [5, 5.41) is 8.76. The van der Waals surface area contributed by atoms with Crippen LogP contribution >= 0.6 is 0 Å². The number of aliphatic hydroxyl groups is 1. The van der Waals surface area contributed by atoms with Crippen molar-refractivity contribution in [2.24, 2.45) is 5.92 Å². The Labute approximate surface area is 104 Å². The number of rotatable bonds is 8. The fourth-order valence-corrected chi connectivity index (χ4v) is 3.64. The van der Waals surface area contributed by atoms with Crippen LogP contribution in [0.1, 0.15) is 32.1 Å². The van der Waals surface area contributed by atoms with Crippen LogP contribution in [-0.4, -0.2) is 54.9 Å². The molecule has 6 heteroatoms. The van der Waals surface area contributed by atoms with E-state index in [1.54, 1.807) is 11.4 Å². The first-order valence-electron chi connectivity index (χ1n) is 6.39. The zero-order valence-electron chi connectivity index (χ0n) is 10.4. The van der Waals surface area contributed by atoms with Gasteiger partial charge in [-0.15, -0.1) is 0 Å². The molecular formula is C11H22N2O3S. The van der Waals surface area contributed by atoms with Crippen molar-refractivity contribution >= 4 is 10.2 Å². The number of hydrogen-bond acceptors (Lipinski definition) is 3. The highest BCUT2D eigenvalue weighted by atomic mass is 32.2. The lowest BCUT2D eigenvalue weighted by Crippen LogP contribution is -2.44. The molecule has 2 aliphatic rings. The molecule has 2 fully saturated rings. The SMILES string of the molecule is CN(CCCO)S(=O)(=O)N(CC1CC1)C1CC1. The van der Waals surface area contributed by atoms with Gasteiger partial charge in [0.25, 0.3) is 10.2 Å². The van der Waals surface area contributed by atoms with E-state index >= 15 is 0 Å². The van der Waals surface area contributed by atoms with Gasteiger partial charge in [-0.2, -0.15) is 17.0 Å². The van der Waals surface area contributed by atoms with E-state index in [1.165, 1.54) is 17.1 Å². The summed E-state index contributed by atoms with van der Waals surface area (Å²) in [4.78, 5) is 0. The lowest BCUT2D eigenvalue weighted by Gasteiger charge is -2.27. The molecule has 0 aromatic rings. The third-order valence-corrected chi connectivity index (χ3v) is 5.42. The monoisotopic (exact) mass is 262 g/mol. The molecule has 0 spiro atoms. The standard InChI is InChI=1S/C11H22N2O3S/c1-12(7-2-8-14)17(15,16)13(11-5-6-11)9-10-3-4-10/h10-11,14H,2-9H2,1H3. The maximum atomic E-state index is 12.4. The minimum atomic E-state index is -3.31. The molecule has 2 aliphatic carbocycles. The summed E-state index contributed by atoms with van der Waals surface area (Å²) in [6.45, 7) is 1.12. The molecule has 0 heterocycles. The second-order valence-electron chi connectivity index (χ2n) is 5.15. The van der Waals surface area contributed by atoms with E-state index in [1.807, 2.05) is 0 Å². The number of nitrogens with zero attached hydrogens (tertiary/aromatic N) is 2. The van der Waals surface area contributed by atoms with Crippen LogP contribution in [0.5, 0.6) is 0 Å². The summed E-state index contributed by atoms with van der Waals surface area (Å²) in [5.41, 5.74) is 0. The first-order valence-corrected chi connectivity index (χ1v) is 7.79. The molecule has 0 aromatic heterocycles. The van der Waals surface area contributed by atoms with Gasteiger partial charge < -0.3 is 5.11 Å². The van der Waals surface area contributed by atoms with Crippen molar-refractivity contribution in [3.8, 4) is 0 Å². The van der Waals surface area contributed by atoms with Gasteiger partial charge in [-0.25, -0.2) is 0 Å². The Kier molecular flexibility index (Phi) is 4.07. The Bertz CT molecular complexity index is 350. The topological polar surface area (TPSA) is 60.9 Å². The van der Waals surface area contributed by atoms with Crippen LogP contribution in [0.15, 0.2) is 0 Å². The molecule has 0 aliphatic heterocycles. The zero-order valence-corrected chi connectivity index (χ0v) is 11.2. The Morgan fingerprint density at radius 2 is 1.88 bits per heavy atom. The van der Waals surface area contributed by atoms with E-state index in [0.717, 1.165) is 12.8 Å². The molecule has 0 atom stereocenters. The molecule has 0 saturated heterocycles. The van der Waals surface area contributed by atoms with Gasteiger partial charge in [0, 0.05) is 32.8 Å². The van der Waals surface area contributed by atoms with Crippen molar-refractivity contribution in [1.82, 2.24) is 8.61 Å². The fourth-order valence-electron chi connectivity index (χ4n) is 1.94. The summed E-state index contributed by atoms with van der Waals surface area (Å²) < 4.78 is 27.8. The van der Waals surface area contributed by atoms with E-state index in [0.29, 0.717) is 25.4 Å². The van der Waals surface area contributed by atoms with Crippen molar-refractivity contribution in [2.45, 2.75) is 38.1 Å². The molecule has 0 bridgehead atoms. The summed E-state index contributed by atoms with van der Waals surface area (Å²) >= 11 is 0. The molecule has 0 radical (unpaired) electrons. The largest absolute Gasteiger partial charge is 0.396 e. The Hall–Kier alpha value is -0.170. The average molecular weight is 262 g/mol. The van der Waals surface area contributed by atoms with E-state index < -0.39 is 10.2 Å². The second kappa shape index (κ2) is 5.22. The first kappa shape index (κ1) is 13.3. The van der Waals surface area contributed by atoms with Crippen LogP contribution in [-0.2, 0) is 10.2 Å². The van der Waals surface area contributed by atoms with Gasteiger partial charge in [0.1, 0.15) is 0 Å². The molecule has 100 valence electrons. The van der Waals surface area contributed by atoms with E-state index in [2.05, 4.69) is 0 Å². The van der Waals surface area contributed by atoms with Crippen LogP contribution in [0, 0.1) is 5.92 Å². The van der Waals surface area contributed by atoms with E-state index in [9.17, 15) is 8.42 Å². The number of aliphatic hydroxyl groups excluding tert-OH is 1. The zero-order chi connectivity index (χ0) is 12.5. The molecule has 1 N–H and O–H groups in total. The van der Waals surface area contributed by atoms with Crippen LogP contribution < -0.4 is 0 Å². The van der Waals surface area contributed by atoms with Gasteiger partial charge in [-0.3, -0.25) is 0 Å². The predicted molar refractivity (Wildman–Crippen MR) is 65.7 cm³/mol. The normalized spacial score (nSPS) is 21.4. The van der Waals surface area contributed by atoms with Crippen LogP contribution in [0.3, 0.4) is 0 Å². The molecule has 2 saturated carbocycles. The van der Waals surface area contributed by atoms with Crippen LogP contribution in [0.4, 0.5) is 0 Å². The maximum absolute atomic E-state index is 12.4. The van der Waals surface area contributed by atoms with Gasteiger partial charge >= 0.3 is 0 Å². The highest BCUT2D eigenvalue weighted by Crippen LogP contribution is 2.36. The minimum absolute atomic E-state index is 0.0336. The van der Waals surface area contributed by atoms with Gasteiger partial charge in [-0.1, -0.05) is 0 Å². The summed E-state index contributed by atoms with van der Waals surface area (Å²) in [6.07, 6.45) is 4.83. The highest BCUT2D eigenvalue weighted by Gasteiger charge is 2.41. The molecule has 5 nitrogen and oxygen atoms in total. The Balaban J connectivity index is 1.98. The quantitative estimate of drug-likeness (QED) is 0.689. The van der Waals surface area contributed by atoms with Crippen LogP contribution in [0.2, 0.25) is 0 Å². The fraction of sp³-hybridized carbons (Fsp3) is 1.00. The van der Waals surface area contributed by atoms with E-state index in [4.69, 9.17) is 5.11 Å². The Morgan fingerprint density at radius 1 is 1.24 bits per heavy atom. The van der Waals surface area contributed by atoms with Gasteiger partial charge in [0.05, 0.1) is 0 Å². The van der Waals surface area contributed by atoms with Crippen molar-refractivity contribution in [3.05, 3.63) is 0 Å². The van der Waals surface area contributed by atoms with Gasteiger partial charge in [0.15, 0.2) is 0 Å². The van der Waals surface area contributed by atoms with E-state index in [-0.39, 0.29) is 12.6 Å². The third kappa shape index (κ3) is 3.40. The molecule has 0 aromatic carbocycles. The average Bonchev–Trinajstić information content (AvgIpc) is 3.15. The van der Waals surface area contributed by atoms with Gasteiger partial charge in [-0.05, 0) is 38.0 Å². The summed E-state index contributed by atoms with van der Waals surface area (Å²) in [7, 11) is -1.71. The van der Waals surface area contributed by atoms with Crippen molar-refractivity contribution in [2.75, 3.05) is 26.7 Å². The highest BCUT2D eigenvalue weighted by molar-refractivity contribution is 7.86. The molecule has 2 rings (SSSR count). The Morgan fingerprint density at radius 3 is 2.35 bits per heavy atom.